The maximum atomic E-state index is 11.4. The van der Waals surface area contributed by atoms with E-state index in [9.17, 15) is 8.42 Å². The Morgan fingerprint density at radius 3 is 2.31 bits per heavy atom. The SMILES string of the molecule is CNS(=O)(=O)N(CCCO)C(C)C. The summed E-state index contributed by atoms with van der Waals surface area (Å²) >= 11 is 0. The third-order valence-electron chi connectivity index (χ3n) is 1.68. The molecule has 0 aromatic heterocycles. The highest BCUT2D eigenvalue weighted by molar-refractivity contribution is 7.87. The molecule has 2 N–H and O–H groups in total. The first kappa shape index (κ1) is 12.8. The fourth-order valence-corrected chi connectivity index (χ4v) is 2.16. The Kier molecular flexibility index (Phi) is 5.46. The van der Waals surface area contributed by atoms with Gasteiger partial charge in [-0.05, 0) is 20.3 Å². The Morgan fingerprint density at radius 1 is 1.46 bits per heavy atom. The van der Waals surface area contributed by atoms with Gasteiger partial charge in [0.05, 0.1) is 0 Å². The molecule has 0 aromatic carbocycles. The monoisotopic (exact) mass is 210 g/mol. The zero-order chi connectivity index (χ0) is 10.5. The van der Waals surface area contributed by atoms with Crippen molar-refractivity contribution in [2.45, 2.75) is 26.3 Å². The Hall–Kier alpha value is -0.170. The van der Waals surface area contributed by atoms with E-state index in [2.05, 4.69) is 4.72 Å². The molecule has 0 bridgehead atoms. The van der Waals surface area contributed by atoms with E-state index in [0.29, 0.717) is 13.0 Å². The third-order valence-corrected chi connectivity index (χ3v) is 3.42. The van der Waals surface area contributed by atoms with Crippen molar-refractivity contribution in [2.75, 3.05) is 20.2 Å². The lowest BCUT2D eigenvalue weighted by atomic mass is 10.3. The van der Waals surface area contributed by atoms with Crippen LogP contribution in [-0.4, -0.2) is 44.1 Å². The number of hydrogen-bond acceptors (Lipinski definition) is 3. The van der Waals surface area contributed by atoms with E-state index in [0.717, 1.165) is 0 Å². The molecule has 0 aliphatic carbocycles. The first-order valence-electron chi connectivity index (χ1n) is 4.27. The summed E-state index contributed by atoms with van der Waals surface area (Å²) in [4.78, 5) is 0. The Morgan fingerprint density at radius 2 is 2.00 bits per heavy atom. The summed E-state index contributed by atoms with van der Waals surface area (Å²) in [6, 6.07) is -0.0935. The largest absolute Gasteiger partial charge is 0.396 e. The predicted molar refractivity (Wildman–Crippen MR) is 51.5 cm³/mol. The van der Waals surface area contributed by atoms with Gasteiger partial charge in [0.2, 0.25) is 0 Å². The second-order valence-corrected chi connectivity index (χ2v) is 4.82. The average molecular weight is 210 g/mol. The van der Waals surface area contributed by atoms with Gasteiger partial charge in [0.1, 0.15) is 0 Å². The number of rotatable bonds is 6. The van der Waals surface area contributed by atoms with Crippen LogP contribution >= 0.6 is 0 Å². The summed E-state index contributed by atoms with van der Waals surface area (Å²) in [6.45, 7) is 3.94. The number of hydrogen-bond donors (Lipinski definition) is 2. The normalized spacial score (nSPS) is 12.8. The summed E-state index contributed by atoms with van der Waals surface area (Å²) in [7, 11) is -1.98. The first-order chi connectivity index (χ1) is 5.95. The van der Waals surface area contributed by atoms with Crippen LogP contribution < -0.4 is 4.72 Å². The average Bonchev–Trinajstić information content (AvgIpc) is 2.04. The van der Waals surface area contributed by atoms with Crippen molar-refractivity contribution in [1.82, 2.24) is 9.03 Å². The van der Waals surface area contributed by atoms with Gasteiger partial charge < -0.3 is 5.11 Å². The topological polar surface area (TPSA) is 69.6 Å². The van der Waals surface area contributed by atoms with Gasteiger partial charge in [-0.15, -0.1) is 0 Å². The lowest BCUT2D eigenvalue weighted by Crippen LogP contribution is -2.43. The van der Waals surface area contributed by atoms with Gasteiger partial charge in [-0.2, -0.15) is 12.7 Å². The Balaban J connectivity index is 4.43. The summed E-state index contributed by atoms with van der Waals surface area (Å²) < 4.78 is 26.3. The molecule has 0 aliphatic heterocycles. The van der Waals surface area contributed by atoms with Crippen molar-refractivity contribution >= 4 is 10.2 Å². The van der Waals surface area contributed by atoms with Crippen molar-refractivity contribution in [3.63, 3.8) is 0 Å². The van der Waals surface area contributed by atoms with Crippen molar-refractivity contribution < 1.29 is 13.5 Å². The van der Waals surface area contributed by atoms with E-state index in [1.165, 1.54) is 11.4 Å². The molecule has 6 heteroatoms. The van der Waals surface area contributed by atoms with Gasteiger partial charge in [0.25, 0.3) is 10.2 Å². The minimum absolute atomic E-state index is 0.00243. The van der Waals surface area contributed by atoms with Crippen LogP contribution in [0.1, 0.15) is 20.3 Å². The van der Waals surface area contributed by atoms with Crippen LogP contribution in [0.15, 0.2) is 0 Å². The molecule has 0 aliphatic rings. The van der Waals surface area contributed by atoms with Crippen LogP contribution in [0.25, 0.3) is 0 Å². The Bertz CT molecular complexity index is 226. The molecule has 0 amide bonds. The van der Waals surface area contributed by atoms with E-state index in [1.54, 1.807) is 13.8 Å². The van der Waals surface area contributed by atoms with Gasteiger partial charge in [0.15, 0.2) is 0 Å². The lowest BCUT2D eigenvalue weighted by Gasteiger charge is -2.24. The molecular formula is C7H18N2O3S. The molecule has 0 fully saturated rings. The maximum absolute atomic E-state index is 11.4. The number of aliphatic hydroxyl groups is 1. The van der Waals surface area contributed by atoms with Crippen LogP contribution in [-0.2, 0) is 10.2 Å². The number of aliphatic hydroxyl groups excluding tert-OH is 1. The van der Waals surface area contributed by atoms with Gasteiger partial charge in [-0.25, -0.2) is 4.72 Å². The molecule has 0 unspecified atom stereocenters. The van der Waals surface area contributed by atoms with Crippen molar-refractivity contribution in [3.05, 3.63) is 0 Å². The highest BCUT2D eigenvalue weighted by Crippen LogP contribution is 2.04. The summed E-state index contributed by atoms with van der Waals surface area (Å²) in [5.74, 6) is 0. The number of nitrogens with zero attached hydrogens (tertiary/aromatic N) is 1. The molecule has 0 rings (SSSR count). The molecule has 13 heavy (non-hydrogen) atoms. The summed E-state index contributed by atoms with van der Waals surface area (Å²) in [5, 5.41) is 8.59. The highest BCUT2D eigenvalue weighted by atomic mass is 32.2. The van der Waals surface area contributed by atoms with Gasteiger partial charge in [-0.1, -0.05) is 0 Å². The third kappa shape index (κ3) is 4.04. The molecule has 0 atom stereocenters. The van der Waals surface area contributed by atoms with Crippen LogP contribution in [0.2, 0.25) is 0 Å². The highest BCUT2D eigenvalue weighted by Gasteiger charge is 2.21. The van der Waals surface area contributed by atoms with Crippen LogP contribution in [0, 0.1) is 0 Å². The van der Waals surface area contributed by atoms with E-state index in [4.69, 9.17) is 5.11 Å². The van der Waals surface area contributed by atoms with Crippen molar-refractivity contribution in [2.24, 2.45) is 0 Å². The molecular weight excluding hydrogens is 192 g/mol. The maximum Gasteiger partial charge on any atom is 0.279 e. The fourth-order valence-electron chi connectivity index (χ4n) is 1.000. The number of nitrogens with one attached hydrogen (secondary N) is 1. The van der Waals surface area contributed by atoms with Gasteiger partial charge in [0, 0.05) is 26.2 Å². The van der Waals surface area contributed by atoms with Gasteiger partial charge in [-0.3, -0.25) is 0 Å². The predicted octanol–water partition coefficient (Wildman–Crippen LogP) is -0.457. The van der Waals surface area contributed by atoms with E-state index >= 15 is 0 Å². The zero-order valence-electron chi connectivity index (χ0n) is 8.32. The van der Waals surface area contributed by atoms with Crippen LogP contribution in [0.3, 0.4) is 0 Å². The van der Waals surface area contributed by atoms with Crippen LogP contribution in [0.4, 0.5) is 0 Å². The van der Waals surface area contributed by atoms with Crippen molar-refractivity contribution in [3.8, 4) is 0 Å². The molecule has 5 nitrogen and oxygen atoms in total. The molecule has 0 saturated heterocycles. The quantitative estimate of drug-likeness (QED) is 0.623. The molecule has 0 aromatic rings. The van der Waals surface area contributed by atoms with Gasteiger partial charge >= 0.3 is 0 Å². The standard InChI is InChI=1S/C7H18N2O3S/c1-7(2)9(5-4-6-10)13(11,12)8-3/h7-8,10H,4-6H2,1-3H3. The van der Waals surface area contributed by atoms with E-state index in [1.807, 2.05) is 0 Å². The van der Waals surface area contributed by atoms with Crippen molar-refractivity contribution in [1.29, 1.82) is 0 Å². The fraction of sp³-hybridized carbons (Fsp3) is 1.00. The second-order valence-electron chi connectivity index (χ2n) is 2.99. The second kappa shape index (κ2) is 5.54. The smallest absolute Gasteiger partial charge is 0.279 e. The Labute approximate surface area is 79.9 Å². The van der Waals surface area contributed by atoms with E-state index < -0.39 is 10.2 Å². The minimum Gasteiger partial charge on any atom is -0.396 e. The molecule has 0 spiro atoms. The van der Waals surface area contributed by atoms with E-state index in [-0.39, 0.29) is 12.6 Å². The molecule has 0 heterocycles. The summed E-state index contributed by atoms with van der Waals surface area (Å²) in [5.41, 5.74) is 0. The first-order valence-corrected chi connectivity index (χ1v) is 5.71. The molecule has 0 radical (unpaired) electrons. The lowest BCUT2D eigenvalue weighted by molar-refractivity contribution is 0.257. The summed E-state index contributed by atoms with van der Waals surface area (Å²) in [6.07, 6.45) is 0.457. The van der Waals surface area contributed by atoms with Crippen LogP contribution in [0.5, 0.6) is 0 Å². The molecule has 0 saturated carbocycles. The zero-order valence-corrected chi connectivity index (χ0v) is 9.13. The minimum atomic E-state index is -3.36. The molecule has 80 valence electrons.